The maximum Gasteiger partial charge on any atom is 0.224 e. The number of ether oxygens (including phenoxy) is 3. The van der Waals surface area contributed by atoms with E-state index < -0.39 is 0 Å². The van der Waals surface area contributed by atoms with Gasteiger partial charge in [-0.3, -0.25) is 0 Å². The number of nitrogens with zero attached hydrogens (tertiary/aromatic N) is 2. The van der Waals surface area contributed by atoms with Gasteiger partial charge in [0.2, 0.25) is 5.95 Å². The van der Waals surface area contributed by atoms with E-state index in [4.69, 9.17) is 14.2 Å². The minimum absolute atomic E-state index is 0.0852. The summed E-state index contributed by atoms with van der Waals surface area (Å²) in [6.45, 7) is 4.55. The van der Waals surface area contributed by atoms with Crippen LogP contribution in [0.3, 0.4) is 0 Å². The number of nitrogens with one attached hydrogen (secondary N) is 2. The Morgan fingerprint density at radius 1 is 0.931 bits per heavy atom. The molecule has 0 spiro atoms. The fourth-order valence-electron chi connectivity index (χ4n) is 2.75. The predicted molar refractivity (Wildman–Crippen MR) is 114 cm³/mol. The number of methoxy groups -OCH3 is 2. The number of para-hydroxylation sites is 2. The summed E-state index contributed by atoms with van der Waals surface area (Å²) in [6.07, 6.45) is 1.79. The van der Waals surface area contributed by atoms with Gasteiger partial charge in [-0.1, -0.05) is 18.2 Å². The van der Waals surface area contributed by atoms with Crippen LogP contribution in [0.4, 0.5) is 17.5 Å². The van der Waals surface area contributed by atoms with Gasteiger partial charge in [0.05, 0.1) is 26.0 Å². The monoisotopic (exact) mass is 394 g/mol. The van der Waals surface area contributed by atoms with E-state index in [9.17, 15) is 0 Å². The summed E-state index contributed by atoms with van der Waals surface area (Å²) in [5, 5.41) is 6.53. The smallest absolute Gasteiger partial charge is 0.224 e. The summed E-state index contributed by atoms with van der Waals surface area (Å²) < 4.78 is 16.5. The highest BCUT2D eigenvalue weighted by atomic mass is 16.5. The van der Waals surface area contributed by atoms with Crippen molar-refractivity contribution in [3.05, 3.63) is 60.3 Å². The molecule has 0 saturated heterocycles. The van der Waals surface area contributed by atoms with Gasteiger partial charge in [-0.15, -0.1) is 0 Å². The summed E-state index contributed by atoms with van der Waals surface area (Å²) in [6, 6.07) is 15.4. The molecule has 0 bridgehead atoms. The van der Waals surface area contributed by atoms with Crippen LogP contribution in [0.15, 0.2) is 54.7 Å². The molecule has 3 rings (SSSR count). The third-order valence-electron chi connectivity index (χ3n) is 4.07. The van der Waals surface area contributed by atoms with Crippen LogP contribution >= 0.6 is 0 Å². The Morgan fingerprint density at radius 3 is 2.48 bits per heavy atom. The Bertz CT molecular complexity index is 947. The molecule has 2 aromatic carbocycles. The molecule has 7 heteroatoms. The molecular formula is C22H26N4O3. The average Bonchev–Trinajstić information content (AvgIpc) is 2.73. The maximum atomic E-state index is 5.85. The zero-order chi connectivity index (χ0) is 20.6. The van der Waals surface area contributed by atoms with Crippen molar-refractivity contribution < 1.29 is 14.2 Å². The van der Waals surface area contributed by atoms with Gasteiger partial charge in [-0.25, -0.2) is 4.98 Å². The van der Waals surface area contributed by atoms with Crippen LogP contribution in [0.5, 0.6) is 17.2 Å². The molecule has 0 aliphatic rings. The minimum atomic E-state index is 0.0852. The lowest BCUT2D eigenvalue weighted by Gasteiger charge is -2.15. The number of hydrogen-bond acceptors (Lipinski definition) is 7. The van der Waals surface area contributed by atoms with Crippen molar-refractivity contribution in [2.24, 2.45) is 0 Å². The maximum absolute atomic E-state index is 5.85. The summed E-state index contributed by atoms with van der Waals surface area (Å²) in [4.78, 5) is 8.83. The van der Waals surface area contributed by atoms with Crippen LogP contribution in [-0.4, -0.2) is 30.3 Å². The predicted octanol–water partition coefficient (Wildman–Crippen LogP) is 4.64. The van der Waals surface area contributed by atoms with Gasteiger partial charge in [0, 0.05) is 12.7 Å². The Balaban J connectivity index is 1.69. The molecule has 0 atom stereocenters. The molecule has 7 nitrogen and oxygen atoms in total. The van der Waals surface area contributed by atoms with Crippen molar-refractivity contribution in [2.45, 2.75) is 26.5 Å². The summed E-state index contributed by atoms with van der Waals surface area (Å²) in [7, 11) is 3.24. The van der Waals surface area contributed by atoms with Gasteiger partial charge in [0.15, 0.2) is 11.5 Å². The van der Waals surface area contributed by atoms with E-state index in [0.717, 1.165) is 17.0 Å². The van der Waals surface area contributed by atoms with E-state index in [0.29, 0.717) is 29.8 Å². The normalized spacial score (nSPS) is 10.5. The lowest BCUT2D eigenvalue weighted by atomic mass is 10.2. The number of anilines is 3. The van der Waals surface area contributed by atoms with Crippen LogP contribution in [0, 0.1) is 0 Å². The molecule has 2 N–H and O–H groups in total. The lowest BCUT2D eigenvalue weighted by Crippen LogP contribution is -2.08. The summed E-state index contributed by atoms with van der Waals surface area (Å²) in [5.74, 6) is 3.36. The molecule has 29 heavy (non-hydrogen) atoms. The van der Waals surface area contributed by atoms with Gasteiger partial charge in [-0.2, -0.15) is 4.98 Å². The SMILES string of the molecule is COc1ccc(CNc2nccc(Nc3ccccc3OC(C)C)n2)cc1OC. The van der Waals surface area contributed by atoms with Crippen molar-refractivity contribution in [3.63, 3.8) is 0 Å². The Hall–Kier alpha value is -3.48. The van der Waals surface area contributed by atoms with E-state index in [1.54, 1.807) is 20.4 Å². The van der Waals surface area contributed by atoms with E-state index >= 15 is 0 Å². The third-order valence-corrected chi connectivity index (χ3v) is 4.07. The first kappa shape index (κ1) is 20.3. The molecule has 0 saturated carbocycles. The second-order valence-corrected chi connectivity index (χ2v) is 6.60. The first-order valence-corrected chi connectivity index (χ1v) is 9.39. The van der Waals surface area contributed by atoms with Crippen LogP contribution in [0.1, 0.15) is 19.4 Å². The number of aromatic nitrogens is 2. The molecule has 0 aliphatic heterocycles. The van der Waals surface area contributed by atoms with Gasteiger partial charge in [0.25, 0.3) is 0 Å². The third kappa shape index (κ3) is 5.51. The first-order chi connectivity index (χ1) is 14.1. The second kappa shape index (κ2) is 9.64. The number of benzene rings is 2. The first-order valence-electron chi connectivity index (χ1n) is 9.39. The summed E-state index contributed by atoms with van der Waals surface area (Å²) >= 11 is 0. The van der Waals surface area contributed by atoms with Crippen molar-refractivity contribution >= 4 is 17.5 Å². The van der Waals surface area contributed by atoms with Crippen LogP contribution in [0.25, 0.3) is 0 Å². The van der Waals surface area contributed by atoms with Gasteiger partial charge >= 0.3 is 0 Å². The highest BCUT2D eigenvalue weighted by Gasteiger charge is 2.08. The molecule has 152 valence electrons. The fraction of sp³-hybridized carbons (Fsp3) is 0.273. The van der Waals surface area contributed by atoms with Gasteiger partial charge < -0.3 is 24.8 Å². The van der Waals surface area contributed by atoms with E-state index in [1.165, 1.54) is 0 Å². The Morgan fingerprint density at radius 2 is 1.72 bits per heavy atom. The molecular weight excluding hydrogens is 368 g/mol. The standard InChI is InChI=1S/C22H26N4O3/c1-15(2)29-18-8-6-5-7-17(18)25-21-11-12-23-22(26-21)24-14-16-9-10-19(27-3)20(13-16)28-4/h5-13,15H,14H2,1-4H3,(H2,23,24,25,26). The fourth-order valence-corrected chi connectivity index (χ4v) is 2.75. The highest BCUT2D eigenvalue weighted by Crippen LogP contribution is 2.29. The van der Waals surface area contributed by atoms with Gasteiger partial charge in [0.1, 0.15) is 11.6 Å². The van der Waals surface area contributed by atoms with Crippen LogP contribution in [0.2, 0.25) is 0 Å². The zero-order valence-electron chi connectivity index (χ0n) is 17.1. The molecule has 1 heterocycles. The molecule has 0 unspecified atom stereocenters. The van der Waals surface area contributed by atoms with E-state index in [1.807, 2.05) is 62.4 Å². The second-order valence-electron chi connectivity index (χ2n) is 6.60. The quantitative estimate of drug-likeness (QED) is 0.547. The molecule has 0 radical (unpaired) electrons. The van der Waals surface area contributed by atoms with Crippen molar-refractivity contribution in [1.82, 2.24) is 9.97 Å². The molecule has 3 aromatic rings. The zero-order valence-corrected chi connectivity index (χ0v) is 17.1. The van der Waals surface area contributed by atoms with Crippen LogP contribution < -0.4 is 24.8 Å². The van der Waals surface area contributed by atoms with Crippen LogP contribution in [-0.2, 0) is 6.54 Å². The topological polar surface area (TPSA) is 77.5 Å². The van der Waals surface area contributed by atoms with E-state index in [2.05, 4.69) is 20.6 Å². The summed E-state index contributed by atoms with van der Waals surface area (Å²) in [5.41, 5.74) is 1.88. The average molecular weight is 394 g/mol. The minimum Gasteiger partial charge on any atom is -0.493 e. The Labute approximate surface area is 171 Å². The largest absolute Gasteiger partial charge is 0.493 e. The molecule has 0 aliphatic carbocycles. The molecule has 1 aromatic heterocycles. The van der Waals surface area contributed by atoms with Crippen molar-refractivity contribution in [1.29, 1.82) is 0 Å². The van der Waals surface area contributed by atoms with Crippen molar-refractivity contribution in [3.8, 4) is 17.2 Å². The van der Waals surface area contributed by atoms with E-state index in [-0.39, 0.29) is 6.10 Å². The number of rotatable bonds is 9. The number of hydrogen-bond donors (Lipinski definition) is 2. The van der Waals surface area contributed by atoms with Crippen molar-refractivity contribution in [2.75, 3.05) is 24.9 Å². The highest BCUT2D eigenvalue weighted by molar-refractivity contribution is 5.64. The molecule has 0 fully saturated rings. The Kier molecular flexibility index (Phi) is 6.73. The molecule has 0 amide bonds. The van der Waals surface area contributed by atoms with Gasteiger partial charge in [-0.05, 0) is 49.7 Å². The lowest BCUT2D eigenvalue weighted by molar-refractivity contribution is 0.244.